The van der Waals surface area contributed by atoms with Crippen molar-refractivity contribution in [2.45, 2.75) is 25.0 Å². The highest BCUT2D eigenvalue weighted by Gasteiger charge is 2.15. The molecule has 0 saturated carbocycles. The molecule has 0 atom stereocenters. The second-order valence-corrected chi connectivity index (χ2v) is 5.23. The molecule has 3 aromatic rings. The van der Waals surface area contributed by atoms with Crippen LogP contribution in [0.4, 0.5) is 0 Å². The number of imidazole rings is 1. The van der Waals surface area contributed by atoms with Crippen LogP contribution in [-0.2, 0) is 0 Å². The molecule has 0 unspecified atom stereocenters. The zero-order valence-corrected chi connectivity index (χ0v) is 11.7. The van der Waals surface area contributed by atoms with Crippen molar-refractivity contribution in [3.8, 4) is 0 Å². The Bertz CT molecular complexity index is 820. The smallest absolute Gasteiger partial charge is 0.266 e. The van der Waals surface area contributed by atoms with Crippen LogP contribution in [-0.4, -0.2) is 30.2 Å². The van der Waals surface area contributed by atoms with Gasteiger partial charge in [0.05, 0.1) is 0 Å². The molecule has 19 heavy (non-hydrogen) atoms. The Morgan fingerprint density at radius 1 is 1.32 bits per heavy atom. The van der Waals surface area contributed by atoms with Crippen LogP contribution in [0.1, 0.15) is 19.9 Å². The number of rotatable bonds is 2. The summed E-state index contributed by atoms with van der Waals surface area (Å²) in [4.78, 5) is 25.4. The Morgan fingerprint density at radius 2 is 2.11 bits per heavy atom. The number of hydrogen-bond donors (Lipinski definition) is 0. The molecule has 0 aliphatic carbocycles. The molecular formula is C12H13N5OS. The highest BCUT2D eigenvalue weighted by molar-refractivity contribution is 7.98. The highest BCUT2D eigenvalue weighted by atomic mass is 32.2. The Morgan fingerprint density at radius 3 is 2.79 bits per heavy atom. The third kappa shape index (κ3) is 1.73. The van der Waals surface area contributed by atoms with E-state index < -0.39 is 0 Å². The lowest BCUT2D eigenvalue weighted by atomic mass is 10.3. The molecule has 6 nitrogen and oxygen atoms in total. The minimum atomic E-state index is -0.101. The van der Waals surface area contributed by atoms with Crippen molar-refractivity contribution in [3.63, 3.8) is 0 Å². The van der Waals surface area contributed by atoms with E-state index >= 15 is 0 Å². The third-order valence-electron chi connectivity index (χ3n) is 2.96. The maximum absolute atomic E-state index is 12.5. The van der Waals surface area contributed by atoms with Gasteiger partial charge in [-0.2, -0.15) is 0 Å². The average molecular weight is 275 g/mol. The van der Waals surface area contributed by atoms with Gasteiger partial charge in [-0.3, -0.25) is 13.8 Å². The summed E-state index contributed by atoms with van der Waals surface area (Å²) < 4.78 is 3.49. The Balaban J connectivity index is 2.56. The largest absolute Gasteiger partial charge is 0.275 e. The van der Waals surface area contributed by atoms with Crippen molar-refractivity contribution in [1.29, 1.82) is 0 Å². The lowest BCUT2D eigenvalue weighted by Crippen LogP contribution is -2.25. The van der Waals surface area contributed by atoms with Crippen LogP contribution >= 0.6 is 11.8 Å². The van der Waals surface area contributed by atoms with E-state index in [0.29, 0.717) is 22.0 Å². The monoisotopic (exact) mass is 275 g/mol. The topological polar surface area (TPSA) is 65.1 Å². The van der Waals surface area contributed by atoms with Crippen LogP contribution in [0.5, 0.6) is 0 Å². The fourth-order valence-electron chi connectivity index (χ4n) is 2.12. The first-order valence-electron chi connectivity index (χ1n) is 5.91. The van der Waals surface area contributed by atoms with Crippen molar-refractivity contribution >= 4 is 28.6 Å². The van der Waals surface area contributed by atoms with Gasteiger partial charge in [0.25, 0.3) is 5.56 Å². The summed E-state index contributed by atoms with van der Waals surface area (Å²) in [5.74, 6) is 0.609. The van der Waals surface area contributed by atoms with E-state index in [4.69, 9.17) is 0 Å². The van der Waals surface area contributed by atoms with Crippen molar-refractivity contribution in [3.05, 3.63) is 28.9 Å². The normalized spacial score (nSPS) is 11.8. The lowest BCUT2D eigenvalue weighted by molar-refractivity contribution is 0.588. The van der Waals surface area contributed by atoms with E-state index in [1.807, 2.05) is 30.7 Å². The zero-order valence-electron chi connectivity index (χ0n) is 10.9. The standard InChI is InChI=1S/C12H13N5OS/c1-7(2)17-10(18)8-6-14-11(19-3)15-9(8)16-5-4-13-12(16)17/h4-7H,1-3H3. The minimum Gasteiger partial charge on any atom is -0.275 e. The van der Waals surface area contributed by atoms with Gasteiger partial charge in [0.15, 0.2) is 10.8 Å². The van der Waals surface area contributed by atoms with E-state index in [1.165, 1.54) is 11.8 Å². The van der Waals surface area contributed by atoms with Crippen LogP contribution in [0.15, 0.2) is 28.5 Å². The predicted octanol–water partition coefficient (Wildman–Crippen LogP) is 1.74. The minimum absolute atomic E-state index is 0.0297. The fraction of sp³-hybridized carbons (Fsp3) is 0.333. The number of nitrogens with zero attached hydrogens (tertiary/aromatic N) is 5. The molecule has 0 saturated heterocycles. The van der Waals surface area contributed by atoms with Crippen molar-refractivity contribution in [1.82, 2.24) is 23.9 Å². The molecule has 7 heteroatoms. The summed E-state index contributed by atoms with van der Waals surface area (Å²) in [6, 6.07) is 0.0297. The molecule has 3 rings (SSSR count). The highest BCUT2D eigenvalue weighted by Crippen LogP contribution is 2.16. The quantitative estimate of drug-likeness (QED) is 0.526. The number of aromatic nitrogens is 5. The number of fused-ring (bicyclic) bond motifs is 3. The summed E-state index contributed by atoms with van der Waals surface area (Å²) in [5, 5.41) is 1.15. The molecule has 0 aromatic carbocycles. The van der Waals surface area contributed by atoms with Crippen LogP contribution < -0.4 is 5.56 Å². The van der Waals surface area contributed by atoms with Crippen molar-refractivity contribution in [2.24, 2.45) is 0 Å². The predicted molar refractivity (Wildman–Crippen MR) is 74.7 cm³/mol. The second kappa shape index (κ2) is 4.34. The van der Waals surface area contributed by atoms with Gasteiger partial charge in [0.2, 0.25) is 5.78 Å². The fourth-order valence-corrected chi connectivity index (χ4v) is 2.45. The molecule has 0 amide bonds. The SMILES string of the molecule is CSc1ncc2c(=O)n(C(C)C)c3nccn3c2n1. The van der Waals surface area contributed by atoms with Crippen LogP contribution in [0.2, 0.25) is 0 Å². The first-order valence-corrected chi connectivity index (χ1v) is 7.14. The van der Waals surface area contributed by atoms with Gasteiger partial charge < -0.3 is 0 Å². The van der Waals surface area contributed by atoms with E-state index in [-0.39, 0.29) is 11.6 Å². The van der Waals surface area contributed by atoms with Gasteiger partial charge in [0.1, 0.15) is 5.39 Å². The summed E-state index contributed by atoms with van der Waals surface area (Å²) in [7, 11) is 0. The molecule has 0 aliphatic rings. The summed E-state index contributed by atoms with van der Waals surface area (Å²) in [6.07, 6.45) is 6.98. The van der Waals surface area contributed by atoms with Crippen LogP contribution in [0.3, 0.4) is 0 Å². The van der Waals surface area contributed by atoms with Gasteiger partial charge in [-0.25, -0.2) is 15.0 Å². The van der Waals surface area contributed by atoms with Crippen molar-refractivity contribution in [2.75, 3.05) is 6.26 Å². The zero-order chi connectivity index (χ0) is 13.6. The molecule has 3 heterocycles. The summed E-state index contributed by atoms with van der Waals surface area (Å²) >= 11 is 1.45. The van der Waals surface area contributed by atoms with Gasteiger partial charge in [-0.1, -0.05) is 11.8 Å². The van der Waals surface area contributed by atoms with Gasteiger partial charge in [-0.15, -0.1) is 0 Å². The third-order valence-corrected chi connectivity index (χ3v) is 3.52. The second-order valence-electron chi connectivity index (χ2n) is 4.46. The molecule has 3 aromatic heterocycles. The molecule has 0 aliphatic heterocycles. The molecule has 0 radical (unpaired) electrons. The Kier molecular flexibility index (Phi) is 2.78. The van der Waals surface area contributed by atoms with Gasteiger partial charge in [0, 0.05) is 24.6 Å². The molecule has 98 valence electrons. The van der Waals surface area contributed by atoms with Crippen LogP contribution in [0, 0.1) is 0 Å². The molecule has 0 bridgehead atoms. The summed E-state index contributed by atoms with van der Waals surface area (Å²) in [5.41, 5.74) is 0.505. The van der Waals surface area contributed by atoms with Gasteiger partial charge >= 0.3 is 0 Å². The number of hydrogen-bond acceptors (Lipinski definition) is 5. The van der Waals surface area contributed by atoms with Crippen LogP contribution in [0.25, 0.3) is 16.8 Å². The summed E-state index contributed by atoms with van der Waals surface area (Å²) in [6.45, 7) is 3.91. The first kappa shape index (κ1) is 12.2. The van der Waals surface area contributed by atoms with E-state index in [0.717, 1.165) is 0 Å². The lowest BCUT2D eigenvalue weighted by Gasteiger charge is -2.13. The van der Waals surface area contributed by atoms with E-state index in [2.05, 4.69) is 15.0 Å². The molecule has 0 fully saturated rings. The maximum Gasteiger partial charge on any atom is 0.266 e. The van der Waals surface area contributed by atoms with Crippen molar-refractivity contribution < 1.29 is 0 Å². The first-order chi connectivity index (χ1) is 9.13. The molecule has 0 N–H and O–H groups in total. The Labute approximate surface area is 113 Å². The molecule has 0 spiro atoms. The molecular weight excluding hydrogens is 262 g/mol. The van der Waals surface area contributed by atoms with E-state index in [1.54, 1.807) is 17.0 Å². The maximum atomic E-state index is 12.5. The Hall–Kier alpha value is -1.89. The van der Waals surface area contributed by atoms with Gasteiger partial charge in [-0.05, 0) is 20.1 Å². The average Bonchev–Trinajstić information content (AvgIpc) is 2.87. The number of thioether (sulfide) groups is 1. The van der Waals surface area contributed by atoms with E-state index in [9.17, 15) is 4.79 Å².